The fourth-order valence-corrected chi connectivity index (χ4v) is 2.24. The van der Waals surface area contributed by atoms with Crippen LogP contribution in [0.3, 0.4) is 0 Å². The molecule has 0 radical (unpaired) electrons. The van der Waals surface area contributed by atoms with Crippen molar-refractivity contribution in [1.29, 1.82) is 0 Å². The maximum atomic E-state index is 12.0. The lowest BCUT2D eigenvalue weighted by Crippen LogP contribution is -2.44. The maximum absolute atomic E-state index is 12.0. The monoisotopic (exact) mass is 256 g/mol. The molecule has 0 bridgehead atoms. The standard InChI is InChI=1S/C14H28N2O2/c1-3-5-6-7-9-16-14(17)12-10-18-11-13(12)15-8-4-2/h12-13,15H,3-11H2,1-2H3,(H,16,17). The van der Waals surface area contributed by atoms with Gasteiger partial charge in [0.1, 0.15) is 0 Å². The van der Waals surface area contributed by atoms with Gasteiger partial charge < -0.3 is 15.4 Å². The molecule has 2 atom stereocenters. The van der Waals surface area contributed by atoms with Crippen molar-refractivity contribution in [3.05, 3.63) is 0 Å². The van der Waals surface area contributed by atoms with E-state index in [1.54, 1.807) is 0 Å². The SMILES string of the molecule is CCCCCCNC(=O)C1COCC1NCCC. The molecular weight excluding hydrogens is 228 g/mol. The second kappa shape index (κ2) is 9.34. The lowest BCUT2D eigenvalue weighted by Gasteiger charge is -2.18. The van der Waals surface area contributed by atoms with Crippen LogP contribution in [0, 0.1) is 5.92 Å². The zero-order valence-corrected chi connectivity index (χ0v) is 11.8. The van der Waals surface area contributed by atoms with E-state index in [0.29, 0.717) is 13.2 Å². The predicted octanol–water partition coefficient (Wildman–Crippen LogP) is 1.70. The van der Waals surface area contributed by atoms with E-state index in [4.69, 9.17) is 4.74 Å². The largest absolute Gasteiger partial charge is 0.379 e. The molecule has 1 amide bonds. The molecule has 1 fully saturated rings. The molecule has 0 aromatic heterocycles. The maximum Gasteiger partial charge on any atom is 0.227 e. The summed E-state index contributed by atoms with van der Waals surface area (Å²) in [5.74, 6) is 0.139. The van der Waals surface area contributed by atoms with E-state index in [1.807, 2.05) is 0 Å². The second-order valence-corrected chi connectivity index (χ2v) is 5.06. The molecule has 4 nitrogen and oxygen atoms in total. The van der Waals surface area contributed by atoms with Crippen LogP contribution in [0.5, 0.6) is 0 Å². The minimum Gasteiger partial charge on any atom is -0.379 e. The molecule has 0 aromatic rings. The molecule has 18 heavy (non-hydrogen) atoms. The number of rotatable bonds is 9. The minimum absolute atomic E-state index is 0.0114. The van der Waals surface area contributed by atoms with Crippen molar-refractivity contribution in [3.63, 3.8) is 0 Å². The van der Waals surface area contributed by atoms with Crippen molar-refractivity contribution in [2.75, 3.05) is 26.3 Å². The average Bonchev–Trinajstić information content (AvgIpc) is 2.84. The third-order valence-corrected chi connectivity index (χ3v) is 3.40. The van der Waals surface area contributed by atoms with E-state index in [1.165, 1.54) is 19.3 Å². The van der Waals surface area contributed by atoms with Gasteiger partial charge >= 0.3 is 0 Å². The number of unbranched alkanes of at least 4 members (excludes halogenated alkanes) is 3. The van der Waals surface area contributed by atoms with E-state index in [9.17, 15) is 4.79 Å². The fourth-order valence-electron chi connectivity index (χ4n) is 2.24. The zero-order chi connectivity index (χ0) is 13.2. The van der Waals surface area contributed by atoms with E-state index in [-0.39, 0.29) is 17.9 Å². The number of nitrogens with one attached hydrogen (secondary N) is 2. The molecule has 0 aliphatic carbocycles. The van der Waals surface area contributed by atoms with Gasteiger partial charge in [0, 0.05) is 12.6 Å². The Morgan fingerprint density at radius 3 is 2.67 bits per heavy atom. The van der Waals surface area contributed by atoms with Gasteiger partial charge in [-0.15, -0.1) is 0 Å². The minimum atomic E-state index is -0.0114. The molecule has 0 saturated carbocycles. The lowest BCUT2D eigenvalue weighted by atomic mass is 10.0. The summed E-state index contributed by atoms with van der Waals surface area (Å²) in [6.45, 7) is 7.30. The molecule has 1 heterocycles. The average molecular weight is 256 g/mol. The Kier molecular flexibility index (Phi) is 8.01. The third-order valence-electron chi connectivity index (χ3n) is 3.40. The van der Waals surface area contributed by atoms with Crippen LogP contribution in [0.4, 0.5) is 0 Å². The molecule has 4 heteroatoms. The van der Waals surface area contributed by atoms with Crippen molar-refractivity contribution in [2.24, 2.45) is 5.92 Å². The first-order chi connectivity index (χ1) is 8.79. The first kappa shape index (κ1) is 15.4. The summed E-state index contributed by atoms with van der Waals surface area (Å²) >= 11 is 0. The predicted molar refractivity (Wildman–Crippen MR) is 73.5 cm³/mol. The van der Waals surface area contributed by atoms with Crippen molar-refractivity contribution in [2.45, 2.75) is 52.0 Å². The van der Waals surface area contributed by atoms with E-state index in [0.717, 1.165) is 25.9 Å². The van der Waals surface area contributed by atoms with Gasteiger partial charge in [0.25, 0.3) is 0 Å². The molecule has 1 saturated heterocycles. The van der Waals surface area contributed by atoms with Crippen LogP contribution < -0.4 is 10.6 Å². The van der Waals surface area contributed by atoms with E-state index in [2.05, 4.69) is 24.5 Å². The van der Waals surface area contributed by atoms with Gasteiger partial charge in [0.05, 0.1) is 19.1 Å². The first-order valence-corrected chi connectivity index (χ1v) is 7.38. The normalized spacial score (nSPS) is 23.2. The van der Waals surface area contributed by atoms with Gasteiger partial charge in [0.2, 0.25) is 5.91 Å². The summed E-state index contributed by atoms with van der Waals surface area (Å²) in [7, 11) is 0. The number of carbonyl (C=O) groups is 1. The second-order valence-electron chi connectivity index (χ2n) is 5.06. The summed E-state index contributed by atoms with van der Waals surface area (Å²) in [6, 6.07) is 0.195. The molecule has 106 valence electrons. The smallest absolute Gasteiger partial charge is 0.227 e. The Morgan fingerprint density at radius 2 is 1.94 bits per heavy atom. The van der Waals surface area contributed by atoms with Crippen molar-refractivity contribution in [3.8, 4) is 0 Å². The van der Waals surface area contributed by atoms with Crippen LogP contribution in [0.2, 0.25) is 0 Å². The summed E-state index contributed by atoms with van der Waals surface area (Å²) in [6.07, 6.45) is 5.86. The molecule has 1 aliphatic heterocycles. The Labute approximate surface area is 111 Å². The van der Waals surface area contributed by atoms with Gasteiger partial charge in [-0.25, -0.2) is 0 Å². The Hall–Kier alpha value is -0.610. The highest BCUT2D eigenvalue weighted by molar-refractivity contribution is 5.79. The van der Waals surface area contributed by atoms with Gasteiger partial charge in [0.15, 0.2) is 0 Å². The molecule has 1 aliphatic rings. The Balaban J connectivity index is 2.18. The highest BCUT2D eigenvalue weighted by Crippen LogP contribution is 2.14. The first-order valence-electron chi connectivity index (χ1n) is 7.38. The van der Waals surface area contributed by atoms with E-state index < -0.39 is 0 Å². The van der Waals surface area contributed by atoms with Gasteiger partial charge in [-0.2, -0.15) is 0 Å². The van der Waals surface area contributed by atoms with Crippen LogP contribution in [0.15, 0.2) is 0 Å². The number of hydrogen-bond donors (Lipinski definition) is 2. The number of carbonyl (C=O) groups excluding carboxylic acids is 1. The van der Waals surface area contributed by atoms with Crippen LogP contribution in [-0.4, -0.2) is 38.3 Å². The van der Waals surface area contributed by atoms with Crippen LogP contribution in [0.1, 0.15) is 46.0 Å². The quantitative estimate of drug-likeness (QED) is 0.617. The summed E-state index contributed by atoms with van der Waals surface area (Å²) in [5.41, 5.74) is 0. The summed E-state index contributed by atoms with van der Waals surface area (Å²) in [4.78, 5) is 12.0. The molecule has 0 spiro atoms. The lowest BCUT2D eigenvalue weighted by molar-refractivity contribution is -0.125. The Morgan fingerprint density at radius 1 is 1.11 bits per heavy atom. The zero-order valence-electron chi connectivity index (χ0n) is 11.8. The highest BCUT2D eigenvalue weighted by atomic mass is 16.5. The third kappa shape index (κ3) is 5.36. The number of hydrogen-bond acceptors (Lipinski definition) is 3. The number of ether oxygens (including phenoxy) is 1. The van der Waals surface area contributed by atoms with Crippen LogP contribution in [-0.2, 0) is 9.53 Å². The van der Waals surface area contributed by atoms with Crippen LogP contribution in [0.25, 0.3) is 0 Å². The summed E-state index contributed by atoms with van der Waals surface area (Å²) in [5, 5.41) is 6.42. The number of amides is 1. The van der Waals surface area contributed by atoms with Crippen molar-refractivity contribution < 1.29 is 9.53 Å². The fraction of sp³-hybridized carbons (Fsp3) is 0.929. The van der Waals surface area contributed by atoms with Gasteiger partial charge in [-0.05, 0) is 19.4 Å². The van der Waals surface area contributed by atoms with Gasteiger partial charge in [-0.3, -0.25) is 4.79 Å². The van der Waals surface area contributed by atoms with Gasteiger partial charge in [-0.1, -0.05) is 33.1 Å². The molecule has 2 N–H and O–H groups in total. The molecule has 2 unspecified atom stereocenters. The van der Waals surface area contributed by atoms with Crippen LogP contribution >= 0.6 is 0 Å². The molecule has 0 aromatic carbocycles. The van der Waals surface area contributed by atoms with E-state index >= 15 is 0 Å². The summed E-state index contributed by atoms with van der Waals surface area (Å²) < 4.78 is 5.41. The molecular formula is C14H28N2O2. The topological polar surface area (TPSA) is 50.4 Å². The van der Waals surface area contributed by atoms with Crippen molar-refractivity contribution in [1.82, 2.24) is 10.6 Å². The highest BCUT2D eigenvalue weighted by Gasteiger charge is 2.33. The Bertz CT molecular complexity index is 234. The molecule has 1 rings (SSSR count). The van der Waals surface area contributed by atoms with Crippen molar-refractivity contribution >= 4 is 5.91 Å².